The van der Waals surface area contributed by atoms with Crippen LogP contribution < -0.4 is 0 Å². The Hall–Kier alpha value is -2.68. The number of H-pyrrole nitrogens is 2. The van der Waals surface area contributed by atoms with Crippen LogP contribution in [-0.2, 0) is 38.5 Å². The number of fused-ring (bicyclic) bond motifs is 8. The number of hydrogen-bond acceptors (Lipinski definition) is 4. The molecule has 0 aromatic carbocycles. The first-order valence-electron chi connectivity index (χ1n) is 16.1. The standard InChI is InChI=1S/C36H46N4.2H2O.Sn/c1-9-23-25(11-3)33-29(15-7)35-27(13-5)28(14-6)36(40-35)30(16-8)34-26(12-4)24(10-2)32(39-34)20-22-18-17-21(37-22)19-31(23)38-33;;;/h17-20,38-39H,9-16H2,1-8H3;2*1H2;/q;;;+2/p-2. The molecular formula is C36H48N4O2Sn. The van der Waals surface area contributed by atoms with Gasteiger partial charge in [0.2, 0.25) is 0 Å². The van der Waals surface area contributed by atoms with Crippen LogP contribution >= 0.6 is 0 Å². The van der Waals surface area contributed by atoms with Gasteiger partial charge in [-0.1, -0.05) is 55.4 Å². The monoisotopic (exact) mass is 688 g/mol. The van der Waals surface area contributed by atoms with Crippen LogP contribution in [0, 0.1) is 0 Å². The first-order valence-corrected chi connectivity index (χ1v) is 18.7. The summed E-state index contributed by atoms with van der Waals surface area (Å²) in [5.74, 6) is 0. The Morgan fingerprint density at radius 2 is 0.860 bits per heavy atom. The molecule has 5 heterocycles. The molecule has 0 aliphatic carbocycles. The second-order valence-corrected chi connectivity index (χ2v) is 11.5. The molecule has 228 valence electrons. The molecule has 6 nitrogen and oxygen atoms in total. The van der Waals surface area contributed by atoms with Gasteiger partial charge in [0.05, 0.1) is 22.8 Å². The van der Waals surface area contributed by atoms with Crippen molar-refractivity contribution in [3.63, 3.8) is 0 Å². The van der Waals surface area contributed by atoms with Crippen molar-refractivity contribution in [2.75, 3.05) is 0 Å². The van der Waals surface area contributed by atoms with Gasteiger partial charge in [0.25, 0.3) is 0 Å². The molecule has 4 N–H and O–H groups in total. The zero-order chi connectivity index (χ0) is 31.3. The minimum atomic E-state index is -1.77. The number of aryl methyl sites for hydroxylation is 6. The van der Waals surface area contributed by atoms with Crippen molar-refractivity contribution in [1.82, 2.24) is 19.9 Å². The summed E-state index contributed by atoms with van der Waals surface area (Å²) in [5.41, 5.74) is 20.4. The van der Waals surface area contributed by atoms with E-state index in [4.69, 9.17) is 16.9 Å². The summed E-state index contributed by atoms with van der Waals surface area (Å²) >= 11 is -1.77. The van der Waals surface area contributed by atoms with Gasteiger partial charge in [-0.2, -0.15) is 0 Å². The fourth-order valence-electron chi connectivity index (χ4n) is 7.12. The van der Waals surface area contributed by atoms with Crippen molar-refractivity contribution in [2.45, 2.75) is 107 Å². The second kappa shape index (κ2) is 14.9. The molecule has 0 fully saturated rings. The molecule has 2 aliphatic heterocycles. The van der Waals surface area contributed by atoms with Gasteiger partial charge in [0.15, 0.2) is 0 Å². The van der Waals surface area contributed by atoms with Crippen LogP contribution in [0.2, 0.25) is 0 Å². The molecule has 43 heavy (non-hydrogen) atoms. The zero-order valence-corrected chi connectivity index (χ0v) is 30.1. The Balaban J connectivity index is 0.00000135. The summed E-state index contributed by atoms with van der Waals surface area (Å²) in [4.78, 5) is 18.4. The number of rotatable bonds is 8. The number of hydrogen-bond donors (Lipinski definition) is 4. The normalized spacial score (nSPS) is 12.6. The van der Waals surface area contributed by atoms with Gasteiger partial charge in [0.1, 0.15) is 0 Å². The van der Waals surface area contributed by atoms with E-state index in [0.29, 0.717) is 0 Å². The van der Waals surface area contributed by atoms with E-state index in [-0.39, 0.29) is 0 Å². The fourth-order valence-corrected chi connectivity index (χ4v) is 7.12. The Kier molecular flexibility index (Phi) is 11.5. The van der Waals surface area contributed by atoms with Gasteiger partial charge >= 0.3 is 28.9 Å². The van der Waals surface area contributed by atoms with Crippen LogP contribution in [0.3, 0.4) is 0 Å². The molecular weight excluding hydrogens is 639 g/mol. The molecule has 3 aromatic rings. The molecule has 0 saturated carbocycles. The van der Waals surface area contributed by atoms with Crippen LogP contribution in [0.4, 0.5) is 0 Å². The summed E-state index contributed by atoms with van der Waals surface area (Å²) in [6, 6.07) is 4.47. The molecule has 0 spiro atoms. The summed E-state index contributed by atoms with van der Waals surface area (Å²) < 4.78 is 14.6. The van der Waals surface area contributed by atoms with E-state index in [0.717, 1.165) is 62.8 Å². The fraction of sp³-hybridized carbons (Fsp3) is 0.444. The molecule has 0 unspecified atom stereocenters. The third-order valence-electron chi connectivity index (χ3n) is 8.93. The molecule has 0 atom stereocenters. The van der Waals surface area contributed by atoms with Crippen molar-refractivity contribution in [2.24, 2.45) is 0 Å². The molecule has 0 saturated heterocycles. The van der Waals surface area contributed by atoms with E-state index in [1.165, 1.54) is 78.0 Å². The van der Waals surface area contributed by atoms with Crippen molar-refractivity contribution in [3.05, 3.63) is 68.3 Å². The Bertz CT molecular complexity index is 1590. The van der Waals surface area contributed by atoms with E-state index in [9.17, 15) is 0 Å². The van der Waals surface area contributed by atoms with Crippen molar-refractivity contribution in [1.29, 1.82) is 0 Å². The topological polar surface area (TPSA) is 97.8 Å². The quantitative estimate of drug-likeness (QED) is 0.141. The van der Waals surface area contributed by atoms with E-state index in [2.05, 4.69) is 89.6 Å². The van der Waals surface area contributed by atoms with Gasteiger partial charge in [-0.3, -0.25) is 0 Å². The van der Waals surface area contributed by atoms with Gasteiger partial charge in [-0.05, 0) is 109 Å². The summed E-state index contributed by atoms with van der Waals surface area (Å²) in [7, 11) is 0. The Morgan fingerprint density at radius 1 is 0.512 bits per heavy atom. The SMILES string of the molecule is CCC1=C(CC)c2nc1c(CC)c1[nH]c(cc3nc(cc4[nH]c(c2CC)c(CC)c4CC)C=C3)c(CC)c1CC.[OH][Sn][OH]. The van der Waals surface area contributed by atoms with Crippen molar-refractivity contribution >= 4 is 67.3 Å². The summed E-state index contributed by atoms with van der Waals surface area (Å²) in [5, 5.41) is 0. The molecule has 5 rings (SSSR count). The Labute approximate surface area is 268 Å². The maximum absolute atomic E-state index is 7.30. The molecule has 7 heteroatoms. The van der Waals surface area contributed by atoms with E-state index >= 15 is 0 Å². The third-order valence-corrected chi connectivity index (χ3v) is 8.93. The molecule has 2 radical (unpaired) electrons. The minimum absolute atomic E-state index is 0.935. The van der Waals surface area contributed by atoms with E-state index in [1.54, 1.807) is 0 Å². The van der Waals surface area contributed by atoms with Crippen LogP contribution in [0.5, 0.6) is 0 Å². The van der Waals surface area contributed by atoms with Crippen LogP contribution in [0.25, 0.3) is 45.4 Å². The summed E-state index contributed by atoms with van der Waals surface area (Å²) in [6.45, 7) is 18.3. The number of aromatic amines is 2. The van der Waals surface area contributed by atoms with Crippen LogP contribution in [0.1, 0.15) is 124 Å². The number of nitrogens with one attached hydrogen (secondary N) is 2. The summed E-state index contributed by atoms with van der Waals surface area (Å²) in [6.07, 6.45) is 12.1. The Morgan fingerprint density at radius 3 is 1.16 bits per heavy atom. The molecule has 3 aromatic heterocycles. The van der Waals surface area contributed by atoms with Gasteiger partial charge in [-0.15, -0.1) is 0 Å². The predicted molar refractivity (Wildman–Crippen MR) is 184 cm³/mol. The van der Waals surface area contributed by atoms with Gasteiger partial charge in [-0.25, -0.2) is 9.97 Å². The van der Waals surface area contributed by atoms with Gasteiger partial charge in [0, 0.05) is 33.2 Å². The molecule has 8 bridgehead atoms. The average Bonchev–Trinajstić information content (AvgIpc) is 3.77. The first-order chi connectivity index (χ1) is 20.9. The van der Waals surface area contributed by atoms with Crippen molar-refractivity contribution in [3.8, 4) is 0 Å². The van der Waals surface area contributed by atoms with Crippen LogP contribution in [0.15, 0.2) is 12.1 Å². The first kappa shape index (κ1) is 33.2. The molecule has 0 amide bonds. The number of aromatic nitrogens is 4. The zero-order valence-electron chi connectivity index (χ0n) is 27.3. The van der Waals surface area contributed by atoms with Crippen molar-refractivity contribution < 1.29 is 6.89 Å². The predicted octanol–water partition coefficient (Wildman–Crippen LogP) is 8.10. The van der Waals surface area contributed by atoms with Gasteiger partial charge < -0.3 is 9.97 Å². The van der Waals surface area contributed by atoms with E-state index < -0.39 is 22.0 Å². The average molecular weight is 688 g/mol. The maximum atomic E-state index is 7.30. The van der Waals surface area contributed by atoms with E-state index in [1.807, 2.05) is 0 Å². The molecule has 2 aliphatic rings. The number of allylic oxidation sites excluding steroid dienone is 2. The number of nitrogens with zero attached hydrogens (tertiary/aromatic N) is 2. The van der Waals surface area contributed by atoms with Crippen LogP contribution in [-0.4, -0.2) is 48.8 Å². The third kappa shape index (κ3) is 6.16. The second-order valence-electron chi connectivity index (χ2n) is 11.0.